The Bertz CT molecular complexity index is 437. The number of hydrogen-bond donors (Lipinski definition) is 1. The van der Waals surface area contributed by atoms with E-state index in [1.165, 1.54) is 6.17 Å². The van der Waals surface area contributed by atoms with E-state index in [0.29, 0.717) is 25.6 Å². The van der Waals surface area contributed by atoms with Crippen LogP contribution in [0.1, 0.15) is 26.7 Å². The van der Waals surface area contributed by atoms with Gasteiger partial charge in [-0.15, -0.1) is 0 Å². The van der Waals surface area contributed by atoms with E-state index < -0.39 is 8.07 Å². The molecule has 0 aromatic rings. The minimum atomic E-state index is -1.07. The molecule has 7 heteroatoms. The Morgan fingerprint density at radius 1 is 1.24 bits per heavy atom. The molecule has 1 rings (SSSR count). The largest absolute Gasteiger partial charge is 0.353 e. The molecule has 1 N–H and O–H groups in total. The fourth-order valence-electron chi connectivity index (χ4n) is 3.26. The standard InChI is InChI=1S/C18H38N4O2Si/c1-16(2)21(13-12-20(3)15-25(4,5)6)11-9-19-17(23)14-22-10-7-8-18(22)24/h16H,7-15H2,1-6H3,(H,19,23). The van der Waals surface area contributed by atoms with Crippen molar-refractivity contribution in [3.63, 3.8) is 0 Å². The second kappa shape index (κ2) is 10.3. The molecule has 0 unspecified atom stereocenters. The summed E-state index contributed by atoms with van der Waals surface area (Å²) in [5.74, 6) is 0.0548. The summed E-state index contributed by atoms with van der Waals surface area (Å²) in [5, 5.41) is 2.96. The number of amides is 2. The summed E-state index contributed by atoms with van der Waals surface area (Å²) in [6, 6.07) is 0.456. The Hall–Kier alpha value is -0.923. The van der Waals surface area contributed by atoms with Gasteiger partial charge in [0.15, 0.2) is 0 Å². The molecule has 0 saturated carbocycles. The summed E-state index contributed by atoms with van der Waals surface area (Å²) in [6.07, 6.45) is 2.66. The summed E-state index contributed by atoms with van der Waals surface area (Å²) >= 11 is 0. The molecule has 1 fully saturated rings. The second-order valence-electron chi connectivity index (χ2n) is 8.70. The maximum absolute atomic E-state index is 12.0. The van der Waals surface area contributed by atoms with Crippen molar-refractivity contribution in [1.29, 1.82) is 0 Å². The van der Waals surface area contributed by atoms with E-state index in [-0.39, 0.29) is 18.4 Å². The molecular weight excluding hydrogens is 332 g/mol. The third-order valence-electron chi connectivity index (χ3n) is 4.47. The van der Waals surface area contributed by atoms with E-state index in [4.69, 9.17) is 0 Å². The van der Waals surface area contributed by atoms with Crippen LogP contribution in [0.3, 0.4) is 0 Å². The number of hydrogen-bond acceptors (Lipinski definition) is 4. The van der Waals surface area contributed by atoms with Crippen molar-refractivity contribution in [3.8, 4) is 0 Å². The van der Waals surface area contributed by atoms with Gasteiger partial charge in [0.05, 0.1) is 14.6 Å². The zero-order valence-electron chi connectivity index (χ0n) is 17.1. The van der Waals surface area contributed by atoms with E-state index in [0.717, 1.165) is 26.1 Å². The Balaban J connectivity index is 2.28. The summed E-state index contributed by atoms with van der Waals surface area (Å²) in [5.41, 5.74) is 0. The normalized spacial score (nSPS) is 15.7. The fourth-order valence-corrected chi connectivity index (χ4v) is 5.03. The van der Waals surface area contributed by atoms with Gasteiger partial charge in [-0.3, -0.25) is 14.5 Å². The highest BCUT2D eigenvalue weighted by Crippen LogP contribution is 2.08. The molecule has 0 aliphatic carbocycles. The van der Waals surface area contributed by atoms with Crippen LogP contribution in [0.2, 0.25) is 19.6 Å². The van der Waals surface area contributed by atoms with Crippen LogP contribution in [0.25, 0.3) is 0 Å². The number of likely N-dealkylation sites (tertiary alicyclic amines) is 1. The summed E-state index contributed by atoms with van der Waals surface area (Å²) in [4.78, 5) is 30.0. The molecule has 0 atom stereocenters. The first kappa shape index (κ1) is 22.1. The Kier molecular flexibility index (Phi) is 9.10. The van der Waals surface area contributed by atoms with Crippen molar-refractivity contribution in [3.05, 3.63) is 0 Å². The van der Waals surface area contributed by atoms with Gasteiger partial charge in [-0.05, 0) is 33.5 Å². The SMILES string of the molecule is CC(C)N(CCNC(=O)CN1CCCC1=O)CCN(C)C[Si](C)(C)C. The maximum atomic E-state index is 12.0. The van der Waals surface area contributed by atoms with Gasteiger partial charge in [-0.2, -0.15) is 0 Å². The molecule has 1 aliphatic heterocycles. The molecule has 0 aromatic heterocycles. The number of carbonyl (C=O) groups is 2. The Labute approximate surface area is 154 Å². The van der Waals surface area contributed by atoms with Gasteiger partial charge < -0.3 is 15.1 Å². The molecule has 6 nitrogen and oxygen atoms in total. The molecule has 1 saturated heterocycles. The van der Waals surface area contributed by atoms with E-state index >= 15 is 0 Å². The van der Waals surface area contributed by atoms with Crippen LogP contribution in [-0.4, -0.2) is 93.1 Å². The van der Waals surface area contributed by atoms with Crippen molar-refractivity contribution in [1.82, 2.24) is 20.0 Å². The predicted octanol–water partition coefficient (Wildman–Crippen LogP) is 1.24. The molecule has 1 aliphatic rings. The number of rotatable bonds is 11. The van der Waals surface area contributed by atoms with Crippen molar-refractivity contribution in [2.45, 2.75) is 52.4 Å². The number of nitrogens with zero attached hydrogens (tertiary/aromatic N) is 3. The molecule has 146 valence electrons. The lowest BCUT2D eigenvalue weighted by Crippen LogP contribution is -2.46. The fraction of sp³-hybridized carbons (Fsp3) is 0.889. The highest BCUT2D eigenvalue weighted by Gasteiger charge is 2.22. The summed E-state index contributed by atoms with van der Waals surface area (Å²) in [6.45, 7) is 16.0. The summed E-state index contributed by atoms with van der Waals surface area (Å²) in [7, 11) is 1.13. The maximum Gasteiger partial charge on any atom is 0.239 e. The van der Waals surface area contributed by atoms with Gasteiger partial charge >= 0.3 is 0 Å². The Morgan fingerprint density at radius 2 is 1.92 bits per heavy atom. The topological polar surface area (TPSA) is 55.9 Å². The van der Waals surface area contributed by atoms with Crippen molar-refractivity contribution >= 4 is 19.9 Å². The van der Waals surface area contributed by atoms with Crippen LogP contribution in [0.4, 0.5) is 0 Å². The van der Waals surface area contributed by atoms with Crippen LogP contribution in [-0.2, 0) is 9.59 Å². The summed E-state index contributed by atoms with van der Waals surface area (Å²) < 4.78 is 0. The quantitative estimate of drug-likeness (QED) is 0.556. The lowest BCUT2D eigenvalue weighted by atomic mass is 10.3. The zero-order valence-corrected chi connectivity index (χ0v) is 18.1. The number of likely N-dealkylation sites (N-methyl/N-ethyl adjacent to an activating group) is 1. The van der Waals surface area contributed by atoms with Crippen LogP contribution in [0, 0.1) is 0 Å². The van der Waals surface area contributed by atoms with Crippen molar-refractivity contribution < 1.29 is 9.59 Å². The van der Waals surface area contributed by atoms with E-state index in [1.54, 1.807) is 4.90 Å². The molecule has 0 spiro atoms. The lowest BCUT2D eigenvalue weighted by Gasteiger charge is -2.31. The molecule has 2 amide bonds. The first-order chi connectivity index (χ1) is 11.6. The zero-order chi connectivity index (χ0) is 19.0. The smallest absolute Gasteiger partial charge is 0.239 e. The average molecular weight is 371 g/mol. The van der Waals surface area contributed by atoms with Crippen LogP contribution >= 0.6 is 0 Å². The minimum Gasteiger partial charge on any atom is -0.353 e. The highest BCUT2D eigenvalue weighted by atomic mass is 28.3. The van der Waals surface area contributed by atoms with Gasteiger partial charge in [0, 0.05) is 45.2 Å². The van der Waals surface area contributed by atoms with Gasteiger partial charge in [0.1, 0.15) is 0 Å². The van der Waals surface area contributed by atoms with Gasteiger partial charge in [0.25, 0.3) is 0 Å². The molecule has 1 heterocycles. The number of carbonyl (C=O) groups excluding carboxylic acids is 2. The third-order valence-corrected chi connectivity index (χ3v) is 5.96. The monoisotopic (exact) mass is 370 g/mol. The van der Waals surface area contributed by atoms with Crippen molar-refractivity contribution in [2.75, 3.05) is 52.5 Å². The van der Waals surface area contributed by atoms with E-state index in [9.17, 15) is 9.59 Å². The van der Waals surface area contributed by atoms with Crippen LogP contribution in [0.5, 0.6) is 0 Å². The first-order valence-corrected chi connectivity index (χ1v) is 13.3. The van der Waals surface area contributed by atoms with Crippen LogP contribution < -0.4 is 5.32 Å². The first-order valence-electron chi connectivity index (χ1n) is 9.55. The molecule has 0 radical (unpaired) electrons. The predicted molar refractivity (Wildman–Crippen MR) is 106 cm³/mol. The van der Waals surface area contributed by atoms with Gasteiger partial charge in [-0.1, -0.05) is 19.6 Å². The third kappa shape index (κ3) is 9.37. The van der Waals surface area contributed by atoms with Gasteiger partial charge in [-0.25, -0.2) is 0 Å². The molecule has 0 bridgehead atoms. The van der Waals surface area contributed by atoms with Crippen molar-refractivity contribution in [2.24, 2.45) is 0 Å². The van der Waals surface area contributed by atoms with E-state index in [1.807, 2.05) is 0 Å². The second-order valence-corrected chi connectivity index (χ2v) is 14.1. The van der Waals surface area contributed by atoms with E-state index in [2.05, 4.69) is 55.7 Å². The number of nitrogens with one attached hydrogen (secondary N) is 1. The Morgan fingerprint density at radius 3 is 2.44 bits per heavy atom. The average Bonchev–Trinajstić information content (AvgIpc) is 2.85. The van der Waals surface area contributed by atoms with Crippen LogP contribution in [0.15, 0.2) is 0 Å². The minimum absolute atomic E-state index is 0.0465. The molecule has 0 aromatic carbocycles. The molecule has 25 heavy (non-hydrogen) atoms. The van der Waals surface area contributed by atoms with Gasteiger partial charge in [0.2, 0.25) is 11.8 Å². The molecular formula is C18H38N4O2Si. The highest BCUT2D eigenvalue weighted by molar-refractivity contribution is 6.76. The lowest BCUT2D eigenvalue weighted by molar-refractivity contribution is -0.133.